The number of hydrogen-bond acceptors (Lipinski definition) is 0. The van der Waals surface area contributed by atoms with Crippen molar-refractivity contribution in [2.75, 3.05) is 0 Å². The van der Waals surface area contributed by atoms with E-state index < -0.39 is 3.79 Å². The van der Waals surface area contributed by atoms with Gasteiger partial charge in [0.05, 0.1) is 0 Å². The topological polar surface area (TPSA) is 0 Å². The normalized spacial score (nSPS) is 12.4. The Kier molecular flexibility index (Phi) is 3.54. The predicted molar refractivity (Wildman–Crippen MR) is 39.6 cm³/mol. The van der Waals surface area contributed by atoms with E-state index in [1.165, 1.54) is 6.08 Å². The molecule has 0 fully saturated rings. The van der Waals surface area contributed by atoms with Crippen LogP contribution in [-0.2, 0) is 0 Å². The zero-order chi connectivity index (χ0) is 6.62. The third-order valence-electron chi connectivity index (χ3n) is 0.421. The summed E-state index contributed by atoms with van der Waals surface area (Å²) in [6, 6.07) is 0. The number of alkyl halides is 3. The molecule has 0 heterocycles. The van der Waals surface area contributed by atoms with E-state index >= 15 is 0 Å². The Morgan fingerprint density at radius 3 is 1.88 bits per heavy atom. The van der Waals surface area contributed by atoms with Crippen LogP contribution in [0, 0.1) is 0 Å². The Hall–Kier alpha value is 0.350. The molecule has 3 heteroatoms. The molecule has 0 N–H and O–H groups in total. The highest BCUT2D eigenvalue weighted by Crippen LogP contribution is 2.26. The first-order valence-electron chi connectivity index (χ1n) is 1.93. The highest BCUT2D eigenvalue weighted by Gasteiger charge is 2.12. The van der Waals surface area contributed by atoms with E-state index in [2.05, 4.69) is 6.58 Å². The van der Waals surface area contributed by atoms with E-state index in [1.807, 2.05) is 0 Å². The monoisotopic (exact) mass is 170 g/mol. The van der Waals surface area contributed by atoms with Crippen LogP contribution < -0.4 is 0 Å². The molecule has 0 aromatic rings. The van der Waals surface area contributed by atoms with E-state index in [0.29, 0.717) is 0 Å². The summed E-state index contributed by atoms with van der Waals surface area (Å²) in [4.78, 5) is 0. The molecule has 0 bridgehead atoms. The van der Waals surface area contributed by atoms with Crippen LogP contribution in [0.1, 0.15) is 0 Å². The van der Waals surface area contributed by atoms with Crippen molar-refractivity contribution in [1.29, 1.82) is 0 Å². The van der Waals surface area contributed by atoms with Gasteiger partial charge in [-0.2, -0.15) is 0 Å². The van der Waals surface area contributed by atoms with Gasteiger partial charge in [-0.3, -0.25) is 0 Å². The number of hydrogen-bond donors (Lipinski definition) is 0. The Morgan fingerprint density at radius 1 is 1.25 bits per heavy atom. The first-order chi connectivity index (χ1) is 3.56. The smallest absolute Gasteiger partial charge is 0.0991 e. The summed E-state index contributed by atoms with van der Waals surface area (Å²) < 4.78 is -1.28. The molecule has 0 aliphatic heterocycles. The van der Waals surface area contributed by atoms with E-state index in [1.54, 1.807) is 12.2 Å². The molecule has 0 unspecified atom stereocenters. The molecule has 0 atom stereocenters. The summed E-state index contributed by atoms with van der Waals surface area (Å²) in [5.74, 6) is 0. The first kappa shape index (κ1) is 8.35. The zero-order valence-electron chi connectivity index (χ0n) is 4.07. The van der Waals surface area contributed by atoms with Crippen molar-refractivity contribution in [2.45, 2.75) is 3.79 Å². The maximum Gasteiger partial charge on any atom is 0.209 e. The lowest BCUT2D eigenvalue weighted by Gasteiger charge is -1.99. The van der Waals surface area contributed by atoms with Gasteiger partial charge in [-0.1, -0.05) is 53.5 Å². The largest absolute Gasteiger partial charge is 0.209 e. The second-order valence-electron chi connectivity index (χ2n) is 1.14. The first-order valence-corrected chi connectivity index (χ1v) is 3.06. The lowest BCUT2D eigenvalue weighted by Crippen LogP contribution is -1.92. The third-order valence-corrected chi connectivity index (χ3v) is 0.799. The molecule has 0 nitrogen and oxygen atoms in total. The van der Waals surface area contributed by atoms with Crippen LogP contribution in [0.25, 0.3) is 0 Å². The van der Waals surface area contributed by atoms with Crippen molar-refractivity contribution in [2.24, 2.45) is 0 Å². The maximum absolute atomic E-state index is 5.31. The molecular weight excluding hydrogens is 166 g/mol. The van der Waals surface area contributed by atoms with Gasteiger partial charge in [0.15, 0.2) is 0 Å². The van der Waals surface area contributed by atoms with Crippen LogP contribution in [0.2, 0.25) is 0 Å². The molecule has 0 saturated carbocycles. The Labute approximate surface area is 63.7 Å². The lowest BCUT2D eigenvalue weighted by atomic mass is 10.5. The summed E-state index contributed by atoms with van der Waals surface area (Å²) in [6.45, 7) is 3.40. The van der Waals surface area contributed by atoms with Crippen LogP contribution in [-0.4, -0.2) is 3.79 Å². The second-order valence-corrected chi connectivity index (χ2v) is 3.51. The molecule has 0 aliphatic rings. The van der Waals surface area contributed by atoms with Crippen LogP contribution in [0.5, 0.6) is 0 Å². The average molecular weight is 171 g/mol. The molecule has 0 radical (unpaired) electrons. The van der Waals surface area contributed by atoms with Gasteiger partial charge in [0.1, 0.15) is 0 Å². The number of allylic oxidation sites excluding steroid dienone is 3. The molecule has 0 aromatic carbocycles. The average Bonchev–Trinajstić information content (AvgIpc) is 1.59. The van der Waals surface area contributed by atoms with Gasteiger partial charge >= 0.3 is 0 Å². The van der Waals surface area contributed by atoms with Gasteiger partial charge < -0.3 is 0 Å². The molecular formula is C5H5Cl3. The van der Waals surface area contributed by atoms with Crippen molar-refractivity contribution in [3.63, 3.8) is 0 Å². The van der Waals surface area contributed by atoms with Crippen LogP contribution in [0.15, 0.2) is 24.8 Å². The fraction of sp³-hybridized carbons (Fsp3) is 0.200. The highest BCUT2D eigenvalue weighted by molar-refractivity contribution is 6.68. The van der Waals surface area contributed by atoms with E-state index in [-0.39, 0.29) is 0 Å². The van der Waals surface area contributed by atoms with Crippen LogP contribution >= 0.6 is 34.8 Å². The molecule has 0 spiro atoms. The molecule has 46 valence electrons. The Bertz CT molecular complexity index is 98.7. The quantitative estimate of drug-likeness (QED) is 0.420. The van der Waals surface area contributed by atoms with Crippen molar-refractivity contribution < 1.29 is 0 Å². The van der Waals surface area contributed by atoms with Crippen LogP contribution in [0.3, 0.4) is 0 Å². The van der Waals surface area contributed by atoms with Crippen molar-refractivity contribution in [3.05, 3.63) is 24.8 Å². The van der Waals surface area contributed by atoms with E-state index in [9.17, 15) is 0 Å². The molecule has 0 saturated heterocycles. The van der Waals surface area contributed by atoms with Crippen molar-refractivity contribution in [3.8, 4) is 0 Å². The molecule has 0 aliphatic carbocycles. The van der Waals surface area contributed by atoms with Gasteiger partial charge in [-0.05, 0) is 6.08 Å². The minimum Gasteiger partial charge on any atom is -0.0991 e. The second kappa shape index (κ2) is 3.39. The van der Waals surface area contributed by atoms with Crippen LogP contribution in [0.4, 0.5) is 0 Å². The minimum absolute atomic E-state index is 1.28. The standard InChI is InChI=1S/C5H5Cl3/c1-2-3-4-5(6,7)8/h2-4H,1H2. The van der Waals surface area contributed by atoms with Gasteiger partial charge in [0, 0.05) is 0 Å². The Balaban J connectivity index is 3.69. The van der Waals surface area contributed by atoms with E-state index in [0.717, 1.165) is 0 Å². The fourth-order valence-corrected chi connectivity index (χ4v) is 0.395. The van der Waals surface area contributed by atoms with Crippen molar-refractivity contribution in [1.82, 2.24) is 0 Å². The van der Waals surface area contributed by atoms with Gasteiger partial charge in [-0.15, -0.1) is 0 Å². The number of halogens is 3. The summed E-state index contributed by atoms with van der Waals surface area (Å²) >= 11 is 15.9. The van der Waals surface area contributed by atoms with Gasteiger partial charge in [0.25, 0.3) is 0 Å². The van der Waals surface area contributed by atoms with Crippen molar-refractivity contribution >= 4 is 34.8 Å². The maximum atomic E-state index is 5.31. The van der Waals surface area contributed by atoms with Gasteiger partial charge in [-0.25, -0.2) is 0 Å². The highest BCUT2D eigenvalue weighted by atomic mass is 35.6. The zero-order valence-corrected chi connectivity index (χ0v) is 6.34. The third kappa shape index (κ3) is 6.35. The minimum atomic E-state index is -1.28. The number of rotatable bonds is 1. The predicted octanol–water partition coefficient (Wildman–Crippen LogP) is 3.10. The lowest BCUT2D eigenvalue weighted by molar-refractivity contribution is 1.46. The Morgan fingerprint density at radius 2 is 1.75 bits per heavy atom. The fourth-order valence-electron chi connectivity index (χ4n) is 0.177. The summed E-state index contributed by atoms with van der Waals surface area (Å²) in [5.41, 5.74) is 0. The summed E-state index contributed by atoms with van der Waals surface area (Å²) in [5, 5.41) is 0. The van der Waals surface area contributed by atoms with Gasteiger partial charge in [0.2, 0.25) is 3.79 Å². The molecule has 8 heavy (non-hydrogen) atoms. The molecule has 0 rings (SSSR count). The molecule has 0 amide bonds. The summed E-state index contributed by atoms with van der Waals surface area (Å²) in [7, 11) is 0. The molecule has 0 aromatic heterocycles. The SMILES string of the molecule is C=CC=CC(Cl)(Cl)Cl. The summed E-state index contributed by atoms with van der Waals surface area (Å²) in [6.07, 6.45) is 4.54. The van der Waals surface area contributed by atoms with E-state index in [4.69, 9.17) is 34.8 Å².